The number of nitrogens with one attached hydrogen (secondary N) is 1. The maximum absolute atomic E-state index is 5.96. The van der Waals surface area contributed by atoms with Crippen molar-refractivity contribution in [3.8, 4) is 5.75 Å². The molecule has 3 heteroatoms. The number of benzene rings is 1. The van der Waals surface area contributed by atoms with E-state index in [0.29, 0.717) is 5.92 Å². The monoisotopic (exact) mass is 313 g/mol. The number of hydrogen-bond acceptors (Lipinski definition) is 2. The second kappa shape index (κ2) is 8.54. The highest BCUT2D eigenvalue weighted by atomic mass is 79.9. The topological polar surface area (TPSA) is 21.3 Å². The van der Waals surface area contributed by atoms with E-state index < -0.39 is 0 Å². The van der Waals surface area contributed by atoms with Crippen molar-refractivity contribution in [1.82, 2.24) is 5.32 Å². The van der Waals surface area contributed by atoms with Gasteiger partial charge in [0.2, 0.25) is 0 Å². The van der Waals surface area contributed by atoms with Crippen molar-refractivity contribution in [3.05, 3.63) is 28.2 Å². The molecule has 0 radical (unpaired) electrons. The Balaban J connectivity index is 2.67. The maximum Gasteiger partial charge on any atom is 0.137 e. The normalized spacial score (nSPS) is 12.4. The predicted octanol–water partition coefficient (Wildman–Crippen LogP) is 4.37. The zero-order valence-corrected chi connectivity index (χ0v) is 13.2. The van der Waals surface area contributed by atoms with Crippen molar-refractivity contribution in [3.63, 3.8) is 0 Å². The van der Waals surface area contributed by atoms with E-state index in [-0.39, 0.29) is 0 Å². The lowest BCUT2D eigenvalue weighted by atomic mass is 10.1. The third kappa shape index (κ3) is 4.99. The van der Waals surface area contributed by atoms with Crippen LogP contribution < -0.4 is 10.1 Å². The van der Waals surface area contributed by atoms with Crippen LogP contribution in [0.15, 0.2) is 22.7 Å². The standard InChI is InChI=1S/C15H24BrNO/c1-4-9-17-10-13-7-6-8-14(16)15(13)18-11-12(3)5-2/h6-8,12,17H,4-5,9-11H2,1-3H3. The van der Waals surface area contributed by atoms with Gasteiger partial charge in [-0.3, -0.25) is 0 Å². The summed E-state index contributed by atoms with van der Waals surface area (Å²) >= 11 is 3.58. The fourth-order valence-corrected chi connectivity index (χ4v) is 2.12. The molecule has 1 atom stereocenters. The lowest BCUT2D eigenvalue weighted by molar-refractivity contribution is 0.252. The molecule has 1 unspecified atom stereocenters. The highest BCUT2D eigenvalue weighted by Gasteiger charge is 2.09. The molecule has 0 saturated heterocycles. The Morgan fingerprint density at radius 3 is 2.78 bits per heavy atom. The zero-order chi connectivity index (χ0) is 13.4. The van der Waals surface area contributed by atoms with Crippen LogP contribution in [0.2, 0.25) is 0 Å². The van der Waals surface area contributed by atoms with Gasteiger partial charge in [-0.15, -0.1) is 0 Å². The van der Waals surface area contributed by atoms with E-state index in [9.17, 15) is 0 Å². The molecule has 2 nitrogen and oxygen atoms in total. The van der Waals surface area contributed by atoms with Crippen molar-refractivity contribution < 1.29 is 4.74 Å². The van der Waals surface area contributed by atoms with E-state index in [0.717, 1.165) is 42.8 Å². The third-order valence-electron chi connectivity index (χ3n) is 3.00. The summed E-state index contributed by atoms with van der Waals surface area (Å²) in [6, 6.07) is 6.22. The summed E-state index contributed by atoms with van der Waals surface area (Å²) in [5, 5.41) is 3.42. The minimum atomic E-state index is 0.591. The van der Waals surface area contributed by atoms with Crippen LogP contribution in [0, 0.1) is 5.92 Å². The van der Waals surface area contributed by atoms with E-state index in [1.165, 1.54) is 5.56 Å². The second-order valence-electron chi connectivity index (χ2n) is 4.73. The van der Waals surface area contributed by atoms with E-state index in [1.54, 1.807) is 0 Å². The highest BCUT2D eigenvalue weighted by Crippen LogP contribution is 2.29. The van der Waals surface area contributed by atoms with Crippen LogP contribution in [0.1, 0.15) is 39.2 Å². The van der Waals surface area contributed by atoms with E-state index in [4.69, 9.17) is 4.74 Å². The van der Waals surface area contributed by atoms with Crippen molar-refractivity contribution in [2.24, 2.45) is 5.92 Å². The molecule has 0 fully saturated rings. The van der Waals surface area contributed by atoms with Gasteiger partial charge in [-0.1, -0.05) is 39.3 Å². The largest absolute Gasteiger partial charge is 0.492 e. The van der Waals surface area contributed by atoms with Gasteiger partial charge >= 0.3 is 0 Å². The van der Waals surface area contributed by atoms with Gasteiger partial charge in [-0.2, -0.15) is 0 Å². The number of halogens is 1. The Kier molecular flexibility index (Phi) is 7.36. The lowest BCUT2D eigenvalue weighted by Gasteiger charge is -2.16. The molecule has 0 saturated carbocycles. The molecule has 0 bridgehead atoms. The lowest BCUT2D eigenvalue weighted by Crippen LogP contribution is -2.16. The zero-order valence-electron chi connectivity index (χ0n) is 11.6. The molecule has 0 aliphatic rings. The SMILES string of the molecule is CCCNCc1cccc(Br)c1OCC(C)CC. The van der Waals surface area contributed by atoms with Crippen LogP contribution in [-0.4, -0.2) is 13.2 Å². The average molecular weight is 314 g/mol. The molecule has 102 valence electrons. The average Bonchev–Trinajstić information content (AvgIpc) is 2.38. The van der Waals surface area contributed by atoms with Crippen molar-refractivity contribution in [2.75, 3.05) is 13.2 Å². The molecule has 1 aromatic carbocycles. The van der Waals surface area contributed by atoms with Crippen LogP contribution in [0.4, 0.5) is 0 Å². The summed E-state index contributed by atoms with van der Waals surface area (Å²) in [5.41, 5.74) is 1.22. The molecule has 0 amide bonds. The Bertz CT molecular complexity index is 354. The fourth-order valence-electron chi connectivity index (χ4n) is 1.60. The summed E-state index contributed by atoms with van der Waals surface area (Å²) in [6.45, 7) is 9.26. The molecule has 1 N–H and O–H groups in total. The molecule has 0 aliphatic heterocycles. The van der Waals surface area contributed by atoms with E-state index in [1.807, 2.05) is 6.07 Å². The van der Waals surface area contributed by atoms with Crippen LogP contribution in [0.3, 0.4) is 0 Å². The summed E-state index contributed by atoms with van der Waals surface area (Å²) in [4.78, 5) is 0. The van der Waals surface area contributed by atoms with Crippen LogP contribution >= 0.6 is 15.9 Å². The molecule has 1 rings (SSSR count). The number of hydrogen-bond donors (Lipinski definition) is 1. The van der Waals surface area contributed by atoms with Crippen molar-refractivity contribution >= 4 is 15.9 Å². The van der Waals surface area contributed by atoms with Gasteiger partial charge in [0, 0.05) is 12.1 Å². The Morgan fingerprint density at radius 1 is 1.33 bits per heavy atom. The Hall–Kier alpha value is -0.540. The minimum absolute atomic E-state index is 0.591. The van der Waals surface area contributed by atoms with Gasteiger partial charge in [0.15, 0.2) is 0 Å². The highest BCUT2D eigenvalue weighted by molar-refractivity contribution is 9.10. The van der Waals surface area contributed by atoms with Gasteiger partial charge in [-0.25, -0.2) is 0 Å². The first-order chi connectivity index (χ1) is 8.69. The first kappa shape index (κ1) is 15.5. The summed E-state index contributed by atoms with van der Waals surface area (Å²) in [7, 11) is 0. The van der Waals surface area contributed by atoms with Gasteiger partial charge in [0.1, 0.15) is 5.75 Å². The minimum Gasteiger partial charge on any atom is -0.492 e. The molecule has 0 heterocycles. The Labute approximate surface area is 119 Å². The first-order valence-corrected chi connectivity index (χ1v) is 7.59. The van der Waals surface area contributed by atoms with Crippen molar-refractivity contribution in [2.45, 2.75) is 40.2 Å². The first-order valence-electron chi connectivity index (χ1n) is 6.79. The molecular weight excluding hydrogens is 290 g/mol. The molecule has 0 aliphatic carbocycles. The Morgan fingerprint density at radius 2 is 2.11 bits per heavy atom. The maximum atomic E-state index is 5.96. The van der Waals surface area contributed by atoms with Gasteiger partial charge in [0.05, 0.1) is 11.1 Å². The van der Waals surface area contributed by atoms with Gasteiger partial charge < -0.3 is 10.1 Å². The summed E-state index contributed by atoms with van der Waals surface area (Å²) in [5.74, 6) is 1.58. The second-order valence-corrected chi connectivity index (χ2v) is 5.58. The summed E-state index contributed by atoms with van der Waals surface area (Å²) in [6.07, 6.45) is 2.30. The van der Waals surface area contributed by atoms with Crippen LogP contribution in [-0.2, 0) is 6.54 Å². The molecule has 0 spiro atoms. The third-order valence-corrected chi connectivity index (χ3v) is 3.62. The van der Waals surface area contributed by atoms with Crippen molar-refractivity contribution in [1.29, 1.82) is 0 Å². The number of para-hydroxylation sites is 1. The van der Waals surface area contributed by atoms with Crippen LogP contribution in [0.5, 0.6) is 5.75 Å². The van der Waals surface area contributed by atoms with Crippen LogP contribution in [0.25, 0.3) is 0 Å². The number of ether oxygens (including phenoxy) is 1. The van der Waals surface area contributed by atoms with E-state index >= 15 is 0 Å². The summed E-state index contributed by atoms with van der Waals surface area (Å²) < 4.78 is 7.01. The quantitative estimate of drug-likeness (QED) is 0.719. The molecular formula is C15H24BrNO. The van der Waals surface area contributed by atoms with Gasteiger partial charge in [-0.05, 0) is 40.9 Å². The molecule has 18 heavy (non-hydrogen) atoms. The predicted molar refractivity (Wildman–Crippen MR) is 81.1 cm³/mol. The fraction of sp³-hybridized carbons (Fsp3) is 0.600. The smallest absolute Gasteiger partial charge is 0.137 e. The molecule has 0 aromatic heterocycles. The number of rotatable bonds is 8. The van der Waals surface area contributed by atoms with Gasteiger partial charge in [0.25, 0.3) is 0 Å². The van der Waals surface area contributed by atoms with E-state index in [2.05, 4.69) is 54.2 Å². The molecule has 1 aromatic rings.